The fraction of sp³-hybridized carbons (Fsp3) is 0.0114. The van der Waals surface area contributed by atoms with Gasteiger partial charge in [0.1, 0.15) is 0 Å². The van der Waals surface area contributed by atoms with Gasteiger partial charge >= 0.3 is 6.18 Å². The van der Waals surface area contributed by atoms with Gasteiger partial charge in [0.15, 0.2) is 17.5 Å². The predicted molar refractivity (Wildman–Crippen MR) is 397 cm³/mol. The monoisotopic (exact) mass is 1260 g/mol. The van der Waals surface area contributed by atoms with Crippen molar-refractivity contribution in [2.24, 2.45) is 0 Å². The minimum Gasteiger partial charge on any atom is -0.311 e. The van der Waals surface area contributed by atoms with Crippen LogP contribution in [0.5, 0.6) is 0 Å². The average Bonchev–Trinajstić information content (AvgIpc) is 0.762. The molecule has 0 spiro atoms. The molecule has 0 unspecified atom stereocenters. The fourth-order valence-electron chi connectivity index (χ4n) is 14.7. The molecule has 0 fully saturated rings. The van der Waals surface area contributed by atoms with Crippen LogP contribution in [0, 0.1) is 0 Å². The molecule has 0 atom stereocenters. The highest BCUT2D eigenvalue weighted by atomic mass is 19.4. The van der Waals surface area contributed by atoms with Crippen molar-refractivity contribution in [2.75, 3.05) is 9.80 Å². The smallest absolute Gasteiger partial charge is 0.311 e. The molecule has 98 heavy (non-hydrogen) atoms. The van der Waals surface area contributed by atoms with Gasteiger partial charge in [-0.2, -0.15) is 13.2 Å². The van der Waals surface area contributed by atoms with Crippen LogP contribution < -0.4 is 26.2 Å². The Morgan fingerprint density at radius 2 is 0.602 bits per heavy atom. The third-order valence-corrected chi connectivity index (χ3v) is 19.3. The quantitative estimate of drug-likeness (QED) is 0.121. The number of hydrogen-bond donors (Lipinski definition) is 0. The van der Waals surface area contributed by atoms with Gasteiger partial charge < -0.3 is 14.4 Å². The van der Waals surface area contributed by atoms with E-state index in [0.29, 0.717) is 33.8 Å². The number of anilines is 6. The van der Waals surface area contributed by atoms with Crippen LogP contribution in [0.1, 0.15) is 5.56 Å². The van der Waals surface area contributed by atoms with E-state index in [0.717, 1.165) is 106 Å². The molecule has 2 aromatic heterocycles. The summed E-state index contributed by atoms with van der Waals surface area (Å²) in [6.45, 7) is -0.234. The first-order valence-corrected chi connectivity index (χ1v) is 32.8. The summed E-state index contributed by atoms with van der Waals surface area (Å²) in [5, 5.41) is 1.61. The highest BCUT2D eigenvalue weighted by Gasteiger charge is 2.44. The van der Waals surface area contributed by atoms with E-state index in [2.05, 4.69) is 228 Å². The lowest BCUT2D eigenvalue weighted by molar-refractivity contribution is -0.137. The molecule has 10 heteroatoms. The van der Waals surface area contributed by atoms with E-state index in [1.54, 1.807) is 16.7 Å². The number of benzene rings is 14. The van der Waals surface area contributed by atoms with Gasteiger partial charge in [-0.3, -0.25) is 0 Å². The topological polar surface area (TPSA) is 50.1 Å². The molecule has 0 radical (unpaired) electrons. The van der Waals surface area contributed by atoms with E-state index in [-0.39, 0.29) is 23.8 Å². The number of aromatic nitrogens is 4. The van der Waals surface area contributed by atoms with Crippen LogP contribution in [0.3, 0.4) is 0 Å². The molecular weight excluding hydrogens is 1210 g/mol. The molecule has 16 aromatic rings. The number of halogens is 3. The lowest BCUT2D eigenvalue weighted by Gasteiger charge is -2.44. The first-order chi connectivity index (χ1) is 48.2. The molecule has 0 bridgehead atoms. The highest BCUT2D eigenvalue weighted by Crippen LogP contribution is 2.49. The van der Waals surface area contributed by atoms with Crippen molar-refractivity contribution >= 4 is 79.0 Å². The molecule has 0 saturated heterocycles. The normalized spacial score (nSPS) is 12.4. The predicted octanol–water partition coefficient (Wildman–Crippen LogP) is 21.4. The highest BCUT2D eigenvalue weighted by molar-refractivity contribution is 7.00. The molecule has 0 amide bonds. The first-order valence-electron chi connectivity index (χ1n) is 32.8. The number of nitrogens with zero attached hydrogens (tertiary/aromatic N) is 6. The minimum atomic E-state index is -4.78. The van der Waals surface area contributed by atoms with Gasteiger partial charge in [-0.05, 0) is 157 Å². The number of hydrogen-bond acceptors (Lipinski definition) is 5. The molecule has 2 aliphatic heterocycles. The van der Waals surface area contributed by atoms with E-state index in [1.807, 2.05) is 103 Å². The fourth-order valence-corrected chi connectivity index (χ4v) is 14.7. The van der Waals surface area contributed by atoms with Crippen LogP contribution in [-0.4, -0.2) is 26.2 Å². The Morgan fingerprint density at radius 1 is 0.255 bits per heavy atom. The summed E-state index contributed by atoms with van der Waals surface area (Å²) in [6, 6.07) is 116. The molecule has 0 aliphatic carbocycles. The summed E-state index contributed by atoms with van der Waals surface area (Å²) in [6.07, 6.45) is -4.78. The van der Waals surface area contributed by atoms with Gasteiger partial charge in [0.25, 0.3) is 6.71 Å². The Kier molecular flexibility index (Phi) is 14.0. The molecule has 2 aliphatic rings. The molecule has 6 nitrogen and oxygen atoms in total. The Morgan fingerprint density at radius 3 is 1.06 bits per heavy atom. The van der Waals surface area contributed by atoms with Crippen LogP contribution >= 0.6 is 0 Å². The maximum atomic E-state index is 16.2. The van der Waals surface area contributed by atoms with Gasteiger partial charge in [0, 0.05) is 61.6 Å². The molecule has 18 rings (SSSR count). The van der Waals surface area contributed by atoms with Gasteiger partial charge in [0.2, 0.25) is 0 Å². The summed E-state index contributed by atoms with van der Waals surface area (Å²) in [5.74, 6) is 0.838. The second kappa shape index (κ2) is 23.7. The maximum Gasteiger partial charge on any atom is 0.418 e. The van der Waals surface area contributed by atoms with Crippen LogP contribution in [0.4, 0.5) is 47.3 Å². The lowest BCUT2D eigenvalue weighted by atomic mass is 9.33. The zero-order chi connectivity index (χ0) is 65.4. The Balaban J connectivity index is 0.858. The number of fused-ring (bicyclic) bond motifs is 7. The summed E-state index contributed by atoms with van der Waals surface area (Å²) >= 11 is 0. The Labute approximate surface area is 565 Å². The van der Waals surface area contributed by atoms with Crippen LogP contribution in [-0.2, 0) is 6.18 Å². The number of rotatable bonds is 11. The number of para-hydroxylation sites is 1. The molecule has 0 saturated carbocycles. The second-order valence-corrected chi connectivity index (χ2v) is 25.0. The minimum absolute atomic E-state index is 0.0175. The maximum absolute atomic E-state index is 16.2. The van der Waals surface area contributed by atoms with Gasteiger partial charge in [0.05, 0.1) is 22.3 Å². The molecule has 4 heterocycles. The van der Waals surface area contributed by atoms with Crippen molar-refractivity contribution in [3.63, 3.8) is 0 Å². The van der Waals surface area contributed by atoms with Crippen molar-refractivity contribution in [3.8, 4) is 95.5 Å². The van der Waals surface area contributed by atoms with Crippen LogP contribution in [0.15, 0.2) is 340 Å². The lowest BCUT2D eigenvalue weighted by Crippen LogP contribution is -2.61. The van der Waals surface area contributed by atoms with E-state index in [1.165, 1.54) is 17.0 Å². The molecular formula is C88H56BF3N6. The Hall–Kier alpha value is -12.7. The van der Waals surface area contributed by atoms with Crippen molar-refractivity contribution in [3.05, 3.63) is 345 Å². The average molecular weight is 1270 g/mol. The summed E-state index contributed by atoms with van der Waals surface area (Å²) in [4.78, 5) is 19.3. The van der Waals surface area contributed by atoms with E-state index < -0.39 is 11.7 Å². The van der Waals surface area contributed by atoms with Crippen molar-refractivity contribution in [1.82, 2.24) is 19.5 Å². The summed E-state index contributed by atoms with van der Waals surface area (Å²) in [5.41, 5.74) is 22.5. The van der Waals surface area contributed by atoms with Gasteiger partial charge in [-0.15, -0.1) is 0 Å². The number of alkyl halides is 3. The van der Waals surface area contributed by atoms with Crippen LogP contribution in [0.25, 0.3) is 117 Å². The van der Waals surface area contributed by atoms with E-state index >= 15 is 13.2 Å². The molecule has 14 aromatic carbocycles. The third kappa shape index (κ3) is 10.1. The molecule has 0 N–H and O–H groups in total. The van der Waals surface area contributed by atoms with Crippen molar-refractivity contribution in [2.45, 2.75) is 6.18 Å². The molecule has 462 valence electrons. The standard InChI is InChI=1S/C88H56BF3N6/c90-88(91,92)74-52-68(87-94-85(63-29-15-5-16-30-63)93-86(95-87)64-31-17-6-18-32-64)42-48-79(74)98-77-34-20-19-33-72(77)73-51-65(39-47-78(73)98)69-55-82-84-83(56-69)97(71-45-37-62(38-46-71)58-23-9-2-10-24-58)81-50-41-67(60-27-13-4-14-28-60)54-76(81)89(84)75-53-66(59-25-11-3-12-26-59)40-49-80(75)96(82)70-43-35-61(36-44-70)57-21-7-1-8-22-57/h1-56H. The third-order valence-electron chi connectivity index (χ3n) is 19.3. The van der Waals surface area contributed by atoms with E-state index in [9.17, 15) is 0 Å². The zero-order valence-corrected chi connectivity index (χ0v) is 52.7. The largest absolute Gasteiger partial charge is 0.418 e. The zero-order valence-electron chi connectivity index (χ0n) is 52.7. The first kappa shape index (κ1) is 58.0. The van der Waals surface area contributed by atoms with Gasteiger partial charge in [-0.1, -0.05) is 255 Å². The van der Waals surface area contributed by atoms with Crippen LogP contribution in [0.2, 0.25) is 0 Å². The van der Waals surface area contributed by atoms with Gasteiger partial charge in [-0.25, -0.2) is 15.0 Å². The summed E-state index contributed by atoms with van der Waals surface area (Å²) in [7, 11) is 0. The van der Waals surface area contributed by atoms with E-state index in [4.69, 9.17) is 15.0 Å². The van der Waals surface area contributed by atoms with Crippen molar-refractivity contribution < 1.29 is 13.2 Å². The summed E-state index contributed by atoms with van der Waals surface area (Å²) < 4.78 is 50.2. The van der Waals surface area contributed by atoms with Crippen molar-refractivity contribution in [1.29, 1.82) is 0 Å². The second-order valence-electron chi connectivity index (χ2n) is 25.0. The SMILES string of the molecule is FC(F)(F)c1cc(-c2nc(-c3ccccc3)nc(-c3ccccc3)n2)ccc1-n1c2ccccc2c2cc(-c3cc4c5c(c3)N(c3ccc(-c6ccccc6)cc3)c3ccc(-c6ccccc6)cc3B5c3cc(-c5ccccc5)ccc3N4c3ccc(-c4ccccc4)cc3)ccc21. The Bertz CT molecular complexity index is 5460.